The van der Waals surface area contributed by atoms with Crippen molar-refractivity contribution < 1.29 is 9.59 Å². The Bertz CT molecular complexity index is 700. The van der Waals surface area contributed by atoms with Crippen molar-refractivity contribution in [1.82, 2.24) is 9.80 Å². The molecule has 4 nitrogen and oxygen atoms in total. The molecule has 2 heterocycles. The quantitative estimate of drug-likeness (QED) is 0.797. The largest absolute Gasteiger partial charge is 0.343 e. The second-order valence-electron chi connectivity index (χ2n) is 9.12. The third-order valence-electron chi connectivity index (χ3n) is 7.00. The maximum absolute atomic E-state index is 13.1. The number of piperidine rings is 1. The Labute approximate surface area is 162 Å². The predicted octanol–water partition coefficient (Wildman–Crippen LogP) is 4.24. The number of fused-ring (bicyclic) bond motifs is 1. The summed E-state index contributed by atoms with van der Waals surface area (Å²) in [4.78, 5) is 30.0. The number of benzene rings is 1. The first-order valence-corrected chi connectivity index (χ1v) is 10.7. The van der Waals surface area contributed by atoms with E-state index in [9.17, 15) is 9.59 Å². The number of rotatable bonds is 4. The van der Waals surface area contributed by atoms with Crippen molar-refractivity contribution in [3.05, 3.63) is 35.4 Å². The Morgan fingerprint density at radius 1 is 1.11 bits per heavy atom. The van der Waals surface area contributed by atoms with Gasteiger partial charge in [-0.1, -0.05) is 44.4 Å². The molecule has 4 heteroatoms. The van der Waals surface area contributed by atoms with E-state index in [2.05, 4.69) is 17.9 Å². The lowest BCUT2D eigenvalue weighted by Gasteiger charge is -2.41. The van der Waals surface area contributed by atoms with Crippen LogP contribution in [0.5, 0.6) is 0 Å². The lowest BCUT2D eigenvalue weighted by molar-refractivity contribution is -0.136. The van der Waals surface area contributed by atoms with Gasteiger partial charge in [0.05, 0.1) is 0 Å². The number of likely N-dealkylation sites (tertiary alicyclic amines) is 1. The summed E-state index contributed by atoms with van der Waals surface area (Å²) in [5.41, 5.74) is 1.94. The van der Waals surface area contributed by atoms with Crippen LogP contribution in [0.15, 0.2) is 24.3 Å². The standard InChI is InChI=1S/C23H32N2O2/c1-18-9-13-24(14-10-18)21(26)15-23(11-5-2-6-12-23)17-25-16-19-7-3-4-8-20(19)22(25)27/h3-4,7-8,18H,2,5-6,9-17H2,1H3. The second kappa shape index (κ2) is 7.65. The Hall–Kier alpha value is -1.84. The van der Waals surface area contributed by atoms with E-state index in [1.165, 1.54) is 19.3 Å². The normalized spacial score (nSPS) is 22.8. The van der Waals surface area contributed by atoms with Crippen molar-refractivity contribution in [2.45, 2.75) is 64.8 Å². The highest BCUT2D eigenvalue weighted by molar-refractivity contribution is 5.98. The summed E-state index contributed by atoms with van der Waals surface area (Å²) < 4.78 is 0. The van der Waals surface area contributed by atoms with Gasteiger partial charge in [0.25, 0.3) is 5.91 Å². The van der Waals surface area contributed by atoms with Crippen LogP contribution in [-0.4, -0.2) is 41.2 Å². The van der Waals surface area contributed by atoms with Gasteiger partial charge in [-0.25, -0.2) is 0 Å². The summed E-state index contributed by atoms with van der Waals surface area (Å²) in [6.45, 7) is 5.53. The van der Waals surface area contributed by atoms with Crippen LogP contribution < -0.4 is 0 Å². The molecule has 2 amide bonds. The zero-order valence-electron chi connectivity index (χ0n) is 16.6. The minimum Gasteiger partial charge on any atom is -0.343 e. The topological polar surface area (TPSA) is 40.6 Å². The van der Waals surface area contributed by atoms with Crippen LogP contribution in [0.3, 0.4) is 0 Å². The molecule has 1 aliphatic carbocycles. The summed E-state index contributed by atoms with van der Waals surface area (Å²) in [6.07, 6.45) is 8.62. The van der Waals surface area contributed by atoms with Gasteiger partial charge in [-0.05, 0) is 48.6 Å². The van der Waals surface area contributed by atoms with Crippen molar-refractivity contribution in [1.29, 1.82) is 0 Å². The number of nitrogens with zero attached hydrogens (tertiary/aromatic N) is 2. The van der Waals surface area contributed by atoms with E-state index in [4.69, 9.17) is 0 Å². The molecular weight excluding hydrogens is 336 g/mol. The number of hydrogen-bond donors (Lipinski definition) is 0. The SMILES string of the molecule is CC1CCN(C(=O)CC2(CN3Cc4ccccc4C3=O)CCCCC2)CC1. The summed E-state index contributed by atoms with van der Waals surface area (Å²) in [6, 6.07) is 7.94. The zero-order valence-corrected chi connectivity index (χ0v) is 16.6. The van der Waals surface area contributed by atoms with Crippen molar-refractivity contribution in [3.63, 3.8) is 0 Å². The molecule has 1 saturated carbocycles. The fraction of sp³-hybridized carbons (Fsp3) is 0.652. The minimum atomic E-state index is -0.0316. The van der Waals surface area contributed by atoms with Crippen LogP contribution in [0, 0.1) is 11.3 Å². The number of hydrogen-bond acceptors (Lipinski definition) is 2. The molecule has 27 heavy (non-hydrogen) atoms. The van der Waals surface area contributed by atoms with Gasteiger partial charge in [-0.2, -0.15) is 0 Å². The van der Waals surface area contributed by atoms with Crippen LogP contribution >= 0.6 is 0 Å². The molecule has 0 radical (unpaired) electrons. The van der Waals surface area contributed by atoms with Crippen LogP contribution in [0.1, 0.15) is 74.2 Å². The van der Waals surface area contributed by atoms with E-state index in [0.717, 1.165) is 62.4 Å². The molecule has 1 saturated heterocycles. The number of carbonyl (C=O) groups excluding carboxylic acids is 2. The summed E-state index contributed by atoms with van der Waals surface area (Å²) in [5, 5.41) is 0. The fourth-order valence-corrected chi connectivity index (χ4v) is 5.23. The van der Waals surface area contributed by atoms with Gasteiger partial charge < -0.3 is 9.80 Å². The fourth-order valence-electron chi connectivity index (χ4n) is 5.23. The third kappa shape index (κ3) is 3.90. The molecule has 0 bridgehead atoms. The smallest absolute Gasteiger partial charge is 0.254 e. The van der Waals surface area contributed by atoms with Gasteiger partial charge in [0.15, 0.2) is 0 Å². The molecule has 0 spiro atoms. The number of amides is 2. The molecule has 1 aromatic carbocycles. The van der Waals surface area contributed by atoms with Crippen LogP contribution in [0.4, 0.5) is 0 Å². The van der Waals surface area contributed by atoms with E-state index < -0.39 is 0 Å². The highest BCUT2D eigenvalue weighted by atomic mass is 16.2. The van der Waals surface area contributed by atoms with Crippen molar-refractivity contribution >= 4 is 11.8 Å². The molecule has 0 aromatic heterocycles. The van der Waals surface area contributed by atoms with Crippen molar-refractivity contribution in [3.8, 4) is 0 Å². The molecule has 2 fully saturated rings. The van der Waals surface area contributed by atoms with Crippen LogP contribution in [0.2, 0.25) is 0 Å². The average molecular weight is 369 g/mol. The predicted molar refractivity (Wildman–Crippen MR) is 106 cm³/mol. The van der Waals surface area contributed by atoms with E-state index in [-0.39, 0.29) is 11.3 Å². The maximum Gasteiger partial charge on any atom is 0.254 e. The molecular formula is C23H32N2O2. The Morgan fingerprint density at radius 3 is 2.52 bits per heavy atom. The molecule has 2 aliphatic heterocycles. The second-order valence-corrected chi connectivity index (χ2v) is 9.12. The van der Waals surface area contributed by atoms with Gasteiger partial charge in [-0.3, -0.25) is 9.59 Å². The maximum atomic E-state index is 13.1. The van der Waals surface area contributed by atoms with E-state index in [1.54, 1.807) is 0 Å². The molecule has 146 valence electrons. The molecule has 1 aromatic rings. The Morgan fingerprint density at radius 2 is 1.81 bits per heavy atom. The van der Waals surface area contributed by atoms with Gasteiger partial charge in [0, 0.05) is 38.2 Å². The first-order chi connectivity index (χ1) is 13.1. The van der Waals surface area contributed by atoms with Crippen molar-refractivity contribution in [2.75, 3.05) is 19.6 Å². The number of carbonyl (C=O) groups is 2. The van der Waals surface area contributed by atoms with Gasteiger partial charge in [0.1, 0.15) is 0 Å². The van der Waals surface area contributed by atoms with Gasteiger partial charge in [0.2, 0.25) is 5.91 Å². The zero-order chi connectivity index (χ0) is 18.9. The molecule has 0 atom stereocenters. The monoisotopic (exact) mass is 368 g/mol. The lowest BCUT2D eigenvalue weighted by Crippen LogP contribution is -2.45. The lowest BCUT2D eigenvalue weighted by atomic mass is 9.71. The summed E-state index contributed by atoms with van der Waals surface area (Å²) in [5.74, 6) is 1.20. The Kier molecular flexibility index (Phi) is 5.25. The summed E-state index contributed by atoms with van der Waals surface area (Å²) in [7, 11) is 0. The first kappa shape index (κ1) is 18.5. The van der Waals surface area contributed by atoms with Crippen molar-refractivity contribution in [2.24, 2.45) is 11.3 Å². The van der Waals surface area contributed by atoms with Gasteiger partial charge >= 0.3 is 0 Å². The van der Waals surface area contributed by atoms with E-state index >= 15 is 0 Å². The van der Waals surface area contributed by atoms with Crippen LogP contribution in [0.25, 0.3) is 0 Å². The molecule has 0 unspecified atom stereocenters. The molecule has 4 rings (SSSR count). The first-order valence-electron chi connectivity index (χ1n) is 10.7. The summed E-state index contributed by atoms with van der Waals surface area (Å²) >= 11 is 0. The molecule has 0 N–H and O–H groups in total. The minimum absolute atomic E-state index is 0.0316. The highest BCUT2D eigenvalue weighted by Crippen LogP contribution is 2.42. The highest BCUT2D eigenvalue weighted by Gasteiger charge is 2.40. The van der Waals surface area contributed by atoms with E-state index in [1.807, 2.05) is 23.1 Å². The average Bonchev–Trinajstić information content (AvgIpc) is 2.98. The van der Waals surface area contributed by atoms with Gasteiger partial charge in [-0.15, -0.1) is 0 Å². The Balaban J connectivity index is 1.46. The molecule has 3 aliphatic rings. The third-order valence-corrected chi connectivity index (χ3v) is 7.00. The van der Waals surface area contributed by atoms with Crippen LogP contribution in [-0.2, 0) is 11.3 Å². The van der Waals surface area contributed by atoms with E-state index in [0.29, 0.717) is 18.9 Å².